The van der Waals surface area contributed by atoms with Crippen molar-refractivity contribution in [1.82, 2.24) is 15.1 Å². The van der Waals surface area contributed by atoms with Gasteiger partial charge in [0.15, 0.2) is 0 Å². The number of hydrogen-bond donors (Lipinski definition) is 1. The Morgan fingerprint density at radius 2 is 1.66 bits per heavy atom. The Balaban J connectivity index is 1.41. The molecule has 0 aliphatic carbocycles. The lowest BCUT2D eigenvalue weighted by molar-refractivity contribution is -0.141. The molecular formula is C22H25N3O3S. The third-order valence-corrected chi connectivity index (χ3v) is 6.54. The highest BCUT2D eigenvalue weighted by Crippen LogP contribution is 2.27. The van der Waals surface area contributed by atoms with Crippen molar-refractivity contribution in [3.8, 4) is 0 Å². The van der Waals surface area contributed by atoms with Crippen molar-refractivity contribution in [2.24, 2.45) is 0 Å². The molecule has 2 aliphatic rings. The molecule has 0 spiro atoms. The van der Waals surface area contributed by atoms with E-state index in [2.05, 4.69) is 5.32 Å². The van der Waals surface area contributed by atoms with Crippen molar-refractivity contribution < 1.29 is 14.4 Å². The Hall–Kier alpha value is -2.67. The number of carbonyl (C=O) groups is 3. The molecular weight excluding hydrogens is 386 g/mol. The summed E-state index contributed by atoms with van der Waals surface area (Å²) in [6.07, 6.45) is 2.94. The molecule has 3 heterocycles. The average molecular weight is 412 g/mol. The molecule has 0 radical (unpaired) electrons. The highest BCUT2D eigenvalue weighted by Gasteiger charge is 2.42. The standard InChI is InChI=1S/C22H25N3O3S/c26-20(23-15-16-7-2-1-3-8-16)17-9-4-12-24(17)21(27)18-10-5-13-25(18)22(28)19-11-6-14-29-19/h1-3,6-8,11,14,17-18H,4-5,9-10,12-13,15H2,(H,23,26)/t17-,18+/m0/s1. The van der Waals surface area contributed by atoms with Gasteiger partial charge in [0.1, 0.15) is 12.1 Å². The van der Waals surface area contributed by atoms with Crippen LogP contribution in [0.3, 0.4) is 0 Å². The van der Waals surface area contributed by atoms with E-state index in [-0.39, 0.29) is 17.7 Å². The van der Waals surface area contributed by atoms with Gasteiger partial charge in [-0.05, 0) is 42.7 Å². The number of nitrogens with one attached hydrogen (secondary N) is 1. The first-order valence-electron chi connectivity index (χ1n) is 10.1. The Labute approximate surface area is 174 Å². The van der Waals surface area contributed by atoms with Gasteiger partial charge >= 0.3 is 0 Å². The lowest BCUT2D eigenvalue weighted by Crippen LogP contribution is -2.52. The highest BCUT2D eigenvalue weighted by molar-refractivity contribution is 7.12. The number of nitrogens with zero attached hydrogens (tertiary/aromatic N) is 2. The van der Waals surface area contributed by atoms with E-state index in [1.54, 1.807) is 15.9 Å². The van der Waals surface area contributed by atoms with Crippen molar-refractivity contribution in [3.63, 3.8) is 0 Å². The zero-order valence-electron chi connectivity index (χ0n) is 16.3. The van der Waals surface area contributed by atoms with E-state index in [9.17, 15) is 14.4 Å². The monoisotopic (exact) mass is 411 g/mol. The minimum absolute atomic E-state index is 0.0832. The van der Waals surface area contributed by atoms with E-state index >= 15 is 0 Å². The van der Waals surface area contributed by atoms with Crippen LogP contribution in [0.15, 0.2) is 47.8 Å². The van der Waals surface area contributed by atoms with Crippen molar-refractivity contribution in [2.75, 3.05) is 13.1 Å². The molecule has 7 heteroatoms. The first-order chi connectivity index (χ1) is 14.1. The first kappa shape index (κ1) is 19.6. The molecule has 152 valence electrons. The Bertz CT molecular complexity index is 869. The third-order valence-electron chi connectivity index (χ3n) is 5.68. The van der Waals surface area contributed by atoms with E-state index in [1.807, 2.05) is 41.8 Å². The third kappa shape index (κ3) is 4.19. The molecule has 3 amide bonds. The zero-order chi connectivity index (χ0) is 20.2. The Morgan fingerprint density at radius 3 is 2.38 bits per heavy atom. The quantitative estimate of drug-likeness (QED) is 0.822. The minimum Gasteiger partial charge on any atom is -0.350 e. The van der Waals surface area contributed by atoms with Crippen LogP contribution in [0.4, 0.5) is 0 Å². The van der Waals surface area contributed by atoms with Gasteiger partial charge < -0.3 is 15.1 Å². The number of hydrogen-bond acceptors (Lipinski definition) is 4. The van der Waals surface area contributed by atoms with Crippen molar-refractivity contribution in [3.05, 3.63) is 58.3 Å². The van der Waals surface area contributed by atoms with Crippen LogP contribution in [0, 0.1) is 0 Å². The molecule has 0 unspecified atom stereocenters. The maximum Gasteiger partial charge on any atom is 0.264 e. The number of carbonyl (C=O) groups excluding carboxylic acids is 3. The van der Waals surface area contributed by atoms with Gasteiger partial charge in [0.05, 0.1) is 4.88 Å². The maximum atomic E-state index is 13.3. The Kier molecular flexibility index (Phi) is 5.94. The number of thiophene rings is 1. The zero-order valence-corrected chi connectivity index (χ0v) is 17.1. The van der Waals surface area contributed by atoms with E-state index in [0.29, 0.717) is 37.4 Å². The number of likely N-dealkylation sites (tertiary alicyclic amines) is 2. The van der Waals surface area contributed by atoms with Gasteiger partial charge in [-0.3, -0.25) is 14.4 Å². The largest absolute Gasteiger partial charge is 0.350 e. The van der Waals surface area contributed by atoms with Crippen LogP contribution >= 0.6 is 11.3 Å². The predicted octanol–water partition coefficient (Wildman–Crippen LogP) is 2.66. The fourth-order valence-corrected chi connectivity index (χ4v) is 4.88. The molecule has 4 rings (SSSR count). The summed E-state index contributed by atoms with van der Waals surface area (Å²) in [6, 6.07) is 12.5. The van der Waals surface area contributed by atoms with Gasteiger partial charge in [-0.15, -0.1) is 11.3 Å². The van der Waals surface area contributed by atoms with E-state index in [1.165, 1.54) is 11.3 Å². The SMILES string of the molecule is O=C(NCc1ccccc1)[C@@H]1CCCN1C(=O)[C@H]1CCCN1C(=O)c1cccs1. The van der Waals surface area contributed by atoms with Gasteiger partial charge in [0.25, 0.3) is 5.91 Å². The summed E-state index contributed by atoms with van der Waals surface area (Å²) in [5.74, 6) is -0.293. The molecule has 0 saturated carbocycles. The summed E-state index contributed by atoms with van der Waals surface area (Å²) in [7, 11) is 0. The molecule has 0 bridgehead atoms. The molecule has 29 heavy (non-hydrogen) atoms. The second-order valence-corrected chi connectivity index (χ2v) is 8.47. The predicted molar refractivity (Wildman–Crippen MR) is 111 cm³/mol. The van der Waals surface area contributed by atoms with Crippen molar-refractivity contribution in [2.45, 2.75) is 44.3 Å². The smallest absolute Gasteiger partial charge is 0.264 e. The molecule has 2 fully saturated rings. The maximum absolute atomic E-state index is 13.3. The van der Waals surface area contributed by atoms with Gasteiger partial charge in [0, 0.05) is 19.6 Å². The lowest BCUT2D eigenvalue weighted by atomic mass is 10.1. The molecule has 1 aromatic carbocycles. The van der Waals surface area contributed by atoms with Crippen LogP contribution in [0.2, 0.25) is 0 Å². The van der Waals surface area contributed by atoms with Crippen molar-refractivity contribution in [1.29, 1.82) is 0 Å². The second kappa shape index (κ2) is 8.78. The molecule has 2 aromatic rings. The lowest BCUT2D eigenvalue weighted by Gasteiger charge is -2.30. The van der Waals surface area contributed by atoms with Crippen LogP contribution in [-0.4, -0.2) is 52.7 Å². The molecule has 1 aromatic heterocycles. The second-order valence-electron chi connectivity index (χ2n) is 7.53. The van der Waals surface area contributed by atoms with Crippen LogP contribution in [-0.2, 0) is 16.1 Å². The fraction of sp³-hybridized carbons (Fsp3) is 0.409. The molecule has 1 N–H and O–H groups in total. The van der Waals surface area contributed by atoms with E-state index < -0.39 is 12.1 Å². The number of rotatable bonds is 5. The normalized spacial score (nSPS) is 21.4. The van der Waals surface area contributed by atoms with E-state index in [0.717, 1.165) is 18.4 Å². The first-order valence-corrected chi connectivity index (χ1v) is 11.0. The molecule has 6 nitrogen and oxygen atoms in total. The van der Waals surface area contributed by atoms with Gasteiger partial charge in [0.2, 0.25) is 11.8 Å². The van der Waals surface area contributed by atoms with Gasteiger partial charge in [-0.25, -0.2) is 0 Å². The van der Waals surface area contributed by atoms with Crippen LogP contribution in [0.5, 0.6) is 0 Å². The summed E-state index contributed by atoms with van der Waals surface area (Å²) in [5, 5.41) is 4.83. The number of amides is 3. The summed E-state index contributed by atoms with van der Waals surface area (Å²) in [5.41, 5.74) is 1.03. The molecule has 2 aliphatic heterocycles. The number of benzene rings is 1. The van der Waals surface area contributed by atoms with Crippen molar-refractivity contribution >= 4 is 29.1 Å². The highest BCUT2D eigenvalue weighted by atomic mass is 32.1. The van der Waals surface area contributed by atoms with Crippen LogP contribution in [0.25, 0.3) is 0 Å². The van der Waals surface area contributed by atoms with Crippen LogP contribution < -0.4 is 5.32 Å². The molecule has 2 saturated heterocycles. The summed E-state index contributed by atoms with van der Waals surface area (Å²) in [6.45, 7) is 1.61. The Morgan fingerprint density at radius 1 is 0.931 bits per heavy atom. The van der Waals surface area contributed by atoms with Gasteiger partial charge in [-0.1, -0.05) is 36.4 Å². The van der Waals surface area contributed by atoms with Gasteiger partial charge in [-0.2, -0.15) is 0 Å². The summed E-state index contributed by atoms with van der Waals surface area (Å²) in [4.78, 5) is 42.9. The fourth-order valence-electron chi connectivity index (χ4n) is 4.21. The topological polar surface area (TPSA) is 69.7 Å². The minimum atomic E-state index is -0.466. The summed E-state index contributed by atoms with van der Waals surface area (Å²) >= 11 is 1.39. The van der Waals surface area contributed by atoms with E-state index in [4.69, 9.17) is 0 Å². The average Bonchev–Trinajstić information content (AvgIpc) is 3.52. The molecule has 2 atom stereocenters. The van der Waals surface area contributed by atoms with Crippen LogP contribution in [0.1, 0.15) is 40.9 Å². The summed E-state index contributed by atoms with van der Waals surface area (Å²) < 4.78 is 0.